The van der Waals surface area contributed by atoms with Crippen molar-refractivity contribution in [3.05, 3.63) is 486 Å². The van der Waals surface area contributed by atoms with Gasteiger partial charge in [-0.15, -0.1) is 0 Å². The molecule has 146 heavy (non-hydrogen) atoms. The zero-order valence-corrected chi connectivity index (χ0v) is 83.0. The average molecular weight is 1920 g/mol. The number of nitrogens with zero attached hydrogens (tertiary/aromatic N) is 12. The lowest BCUT2D eigenvalue weighted by molar-refractivity contribution is 0.0992. The van der Waals surface area contributed by atoms with Gasteiger partial charge in [-0.2, -0.15) is 5.10 Å². The summed E-state index contributed by atoms with van der Waals surface area (Å²) in [6.07, 6.45) is 22.8. The van der Waals surface area contributed by atoms with Crippen molar-refractivity contribution >= 4 is 80.1 Å². The number of benzene rings is 10. The third-order valence-electron chi connectivity index (χ3n) is 29.2. The second-order valence-corrected chi connectivity index (χ2v) is 39.3. The van der Waals surface area contributed by atoms with Crippen LogP contribution in [0.3, 0.4) is 0 Å². The molecular weight excluding hydrogens is 1810 g/mol. The predicted octanol–water partition coefficient (Wildman–Crippen LogP) is 21.9. The SMILES string of the molecule is C=C1NN=C2c3c(cccc31)CC(c1cccnc1)C2c1ccc(CN(C)C)cc1.CCCc1cccc(C2C3=NCC(=O)c4cccc(c43)NC2c2cccnc2)c1.CCc1cccc(C2C3=NCC(=O)c4cccc(c43)NC2c2cccnc2)c1.CN(C)Cc1cccc(C2C3=NCC(=O)c4cccc(c43)NC2c2cccnc2)c1.CNCc1ccc(C2C3=NCC(=O)c4cccc(c43)NC2c2cccnc2)cc1. The van der Waals surface area contributed by atoms with E-state index < -0.39 is 0 Å². The Morgan fingerprint density at radius 3 is 1.05 bits per heavy atom. The van der Waals surface area contributed by atoms with Gasteiger partial charge < -0.3 is 36.4 Å². The Kier molecular flexibility index (Phi) is 28.0. The molecular formula is C124H116N18O4. The maximum Gasteiger partial charge on any atom is 0.184 e. The molecule has 9 aliphatic heterocycles. The number of carbonyl (C=O) groups excluding carboxylic acids is 4. The fraction of sp³-hybridized carbons (Fsp3) is 0.226. The number of hydrazone groups is 1. The van der Waals surface area contributed by atoms with Crippen LogP contribution in [0.4, 0.5) is 22.7 Å². The second-order valence-electron chi connectivity index (χ2n) is 39.3. The number of hydrogen-bond acceptors (Lipinski definition) is 22. The summed E-state index contributed by atoms with van der Waals surface area (Å²) in [6, 6.07) is 94.5. The number of carbonyl (C=O) groups is 4. The Bertz CT molecular complexity index is 7620. The van der Waals surface area contributed by atoms with E-state index in [1.165, 1.54) is 72.3 Å². The second kappa shape index (κ2) is 42.6. The van der Waals surface area contributed by atoms with Crippen LogP contribution >= 0.6 is 0 Å². The van der Waals surface area contributed by atoms with E-state index in [1.807, 2.05) is 147 Å². The Labute approximate surface area is 852 Å². The molecule has 0 spiro atoms. The molecule has 726 valence electrons. The molecule has 0 fully saturated rings. The van der Waals surface area contributed by atoms with Crippen molar-refractivity contribution in [1.82, 2.24) is 45.5 Å². The van der Waals surface area contributed by atoms with Gasteiger partial charge in [0.15, 0.2) is 23.1 Å². The zero-order valence-electron chi connectivity index (χ0n) is 83.0. The first kappa shape index (κ1) is 95.8. The fourth-order valence-corrected chi connectivity index (χ4v) is 22.8. The van der Waals surface area contributed by atoms with Crippen molar-refractivity contribution in [1.29, 1.82) is 0 Å². The van der Waals surface area contributed by atoms with E-state index in [2.05, 4.69) is 285 Å². The number of pyridine rings is 5. The van der Waals surface area contributed by atoms with Crippen molar-refractivity contribution in [3.63, 3.8) is 0 Å². The largest absolute Gasteiger partial charge is 0.377 e. The van der Waals surface area contributed by atoms with E-state index in [4.69, 9.17) is 25.1 Å². The van der Waals surface area contributed by atoms with Crippen LogP contribution in [0.25, 0.3) is 5.70 Å². The molecule has 0 saturated carbocycles. The van der Waals surface area contributed by atoms with Gasteiger partial charge in [0.25, 0.3) is 0 Å². The highest BCUT2D eigenvalue weighted by Crippen LogP contribution is 2.53. The van der Waals surface area contributed by atoms with Crippen molar-refractivity contribution in [3.8, 4) is 0 Å². The molecule has 0 radical (unpaired) electrons. The summed E-state index contributed by atoms with van der Waals surface area (Å²) >= 11 is 0. The van der Waals surface area contributed by atoms with Crippen molar-refractivity contribution in [2.45, 2.75) is 119 Å². The van der Waals surface area contributed by atoms with Gasteiger partial charge in [-0.05, 0) is 198 Å². The molecule has 10 atom stereocenters. The van der Waals surface area contributed by atoms with Crippen molar-refractivity contribution < 1.29 is 19.2 Å². The number of ketones is 4. The maximum absolute atomic E-state index is 12.5. The fourth-order valence-electron chi connectivity index (χ4n) is 22.8. The molecule has 15 aromatic rings. The smallest absolute Gasteiger partial charge is 0.184 e. The van der Waals surface area contributed by atoms with Crippen LogP contribution in [0.5, 0.6) is 0 Å². The van der Waals surface area contributed by atoms with Crippen molar-refractivity contribution in [2.24, 2.45) is 25.1 Å². The van der Waals surface area contributed by atoms with E-state index in [0.717, 1.165) is 175 Å². The summed E-state index contributed by atoms with van der Waals surface area (Å²) < 4.78 is 0. The minimum absolute atomic E-state index is 0.00179. The van der Waals surface area contributed by atoms with Crippen LogP contribution in [0.1, 0.15) is 244 Å². The van der Waals surface area contributed by atoms with Gasteiger partial charge in [0.2, 0.25) is 0 Å². The zero-order chi connectivity index (χ0) is 100. The highest BCUT2D eigenvalue weighted by molar-refractivity contribution is 6.25. The molecule has 1 aliphatic carbocycles. The summed E-state index contributed by atoms with van der Waals surface area (Å²) in [5, 5.41) is 22.8. The molecule has 0 amide bonds. The lowest BCUT2D eigenvalue weighted by atomic mass is 9.67. The van der Waals surface area contributed by atoms with Crippen LogP contribution in [0.15, 0.2) is 367 Å². The van der Waals surface area contributed by atoms with Gasteiger partial charge in [-0.3, -0.25) is 69.5 Å². The third kappa shape index (κ3) is 19.4. The monoisotopic (exact) mass is 1920 g/mol. The first-order valence-corrected chi connectivity index (χ1v) is 50.4. The molecule has 22 heteroatoms. The van der Waals surface area contributed by atoms with Crippen LogP contribution in [0.2, 0.25) is 0 Å². The van der Waals surface area contributed by atoms with Crippen molar-refractivity contribution in [2.75, 3.05) is 82.7 Å². The minimum atomic E-state index is -0.0111. The first-order chi connectivity index (χ1) is 71.5. The summed E-state index contributed by atoms with van der Waals surface area (Å²) in [4.78, 5) is 95.3. The summed E-state index contributed by atoms with van der Waals surface area (Å²) in [5.74, 6) is 0.837. The first-order valence-electron chi connectivity index (χ1n) is 50.4. The van der Waals surface area contributed by atoms with Gasteiger partial charge in [0.1, 0.15) is 26.2 Å². The number of aryl methyl sites for hydroxylation is 2. The molecule has 14 heterocycles. The van der Waals surface area contributed by atoms with Crippen LogP contribution in [0, 0.1) is 0 Å². The predicted molar refractivity (Wildman–Crippen MR) is 584 cm³/mol. The molecule has 25 rings (SSSR count). The lowest BCUT2D eigenvalue weighted by Gasteiger charge is -2.38. The Morgan fingerprint density at radius 1 is 0.329 bits per heavy atom. The Morgan fingerprint density at radius 2 is 0.664 bits per heavy atom. The highest BCUT2D eigenvalue weighted by Gasteiger charge is 2.46. The Balaban J connectivity index is 0.000000107. The lowest BCUT2D eigenvalue weighted by Crippen LogP contribution is -2.36. The maximum atomic E-state index is 12.5. The highest BCUT2D eigenvalue weighted by atomic mass is 16.1. The molecule has 0 bridgehead atoms. The van der Waals surface area contributed by atoms with Gasteiger partial charge in [-0.25, -0.2) is 0 Å². The number of nitrogens with one attached hydrogen (secondary N) is 6. The van der Waals surface area contributed by atoms with E-state index in [1.54, 1.807) is 24.8 Å². The topological polar surface area (TPSA) is 273 Å². The van der Waals surface area contributed by atoms with Gasteiger partial charge >= 0.3 is 0 Å². The summed E-state index contributed by atoms with van der Waals surface area (Å²) in [7, 11) is 10.3. The number of aromatic nitrogens is 5. The number of rotatable bonds is 19. The van der Waals surface area contributed by atoms with Crippen LogP contribution in [-0.2, 0) is 38.9 Å². The van der Waals surface area contributed by atoms with Crippen LogP contribution in [-0.4, -0.2) is 148 Å². The number of hydrogen-bond donors (Lipinski definition) is 6. The van der Waals surface area contributed by atoms with E-state index in [-0.39, 0.29) is 109 Å². The molecule has 0 saturated heterocycles. The van der Waals surface area contributed by atoms with E-state index in [0.29, 0.717) is 0 Å². The van der Waals surface area contributed by atoms with Gasteiger partial charge in [0, 0.05) is 172 Å². The van der Waals surface area contributed by atoms with Crippen LogP contribution < -0.4 is 32.0 Å². The van der Waals surface area contributed by atoms with Gasteiger partial charge in [0.05, 0.1) is 82.1 Å². The van der Waals surface area contributed by atoms with E-state index in [9.17, 15) is 19.2 Å². The molecule has 6 N–H and O–H groups in total. The minimum Gasteiger partial charge on any atom is -0.377 e. The number of anilines is 4. The number of Topliss-reactive ketones (excluding diaryl/α,β-unsaturated/α-hetero) is 4. The average Bonchev–Trinajstić information content (AvgIpc) is 0.754. The summed E-state index contributed by atoms with van der Waals surface area (Å²) in [6.45, 7) is 12.0. The molecule has 10 aliphatic rings. The standard InChI is InChI=1S/C26H26N4.C25H24N4O.C25H23N3O.C24H22N4O.C24H21N3O/c1-17-22-8-4-6-20-14-23(21-7-5-13-27-15-21)24(26(25(20)22)29-28-17)19-11-9-18(10-12-19)16-30(2)3;1-29(2)15-16-6-3-7-17(12-16)22-24(18-8-5-11-26-13-18)28-20-10-4-9-19-21(30)14-27-25(22)23(19)20;1-2-6-16-7-3-8-17(13-16)22-24(18-9-5-12-26-14-18)28-20-11-4-10-19-21(29)15-27-25(22)23(19)20;1-25-12-15-7-9-16(10-8-15)21-23(17-4-3-11-26-13-17)28-19-6-2-5-18-20(29)14-27-24(21)22(18)19;1-2-15-6-3-7-16(12-15)21-23(17-8-5-11-25-13-17)27-19-10-4-9-18-20(28)14-26-24(21)22(18)19/h4-13,15,23-24,28H,1,14,16H2,2-3H3;3-13,22,24,28H,14-15H2,1-2H3;3-5,7-14,22,24,28H,2,6,15H2,1H3;2-11,13,21,23,25,28H,12,14H2,1H3;3-13,21,23,27H,2,14H2,1H3. The Hall–Kier alpha value is -16.4. The quantitative estimate of drug-likeness (QED) is 0.0439. The molecule has 10 unspecified atom stereocenters. The number of aliphatic imine (C=N–C) groups is 4. The third-order valence-corrected chi connectivity index (χ3v) is 29.2. The normalized spacial score (nSPS) is 19.9. The molecule has 10 aromatic carbocycles. The summed E-state index contributed by atoms with van der Waals surface area (Å²) in [5.41, 5.74) is 42.0. The molecule has 5 aromatic heterocycles. The molecule has 22 nitrogen and oxygen atoms in total. The van der Waals surface area contributed by atoms with E-state index >= 15 is 0 Å². The van der Waals surface area contributed by atoms with Gasteiger partial charge in [-0.1, -0.05) is 245 Å².